The van der Waals surface area contributed by atoms with E-state index in [1.165, 1.54) is 5.56 Å². The fourth-order valence-corrected chi connectivity index (χ4v) is 0.818. The first-order valence-electron chi connectivity index (χ1n) is 4.98. The zero-order valence-corrected chi connectivity index (χ0v) is 9.40. The Hall–Kier alpha value is -1.81. The van der Waals surface area contributed by atoms with Gasteiger partial charge in [0.1, 0.15) is 0 Å². The maximum absolute atomic E-state index is 7.79. The molecule has 78 valence electrons. The lowest BCUT2D eigenvalue weighted by Gasteiger charge is -1.88. The van der Waals surface area contributed by atoms with Crippen molar-refractivity contribution in [2.75, 3.05) is 0 Å². The first-order valence-corrected chi connectivity index (χ1v) is 4.98. The van der Waals surface area contributed by atoms with Gasteiger partial charge < -0.3 is 0 Å². The third-order valence-electron chi connectivity index (χ3n) is 1.54. The summed E-state index contributed by atoms with van der Waals surface area (Å²) in [5.74, 6) is 0. The van der Waals surface area contributed by atoms with E-state index in [0.717, 1.165) is 6.42 Å². The molecule has 0 spiro atoms. The molecule has 0 N–H and O–H groups in total. The van der Waals surface area contributed by atoms with E-state index in [4.69, 9.17) is 5.26 Å². The number of nitriles is 1. The molecule has 0 aliphatic heterocycles. The molecule has 0 fully saturated rings. The smallest absolute Gasteiger partial charge is 0.0937 e. The average Bonchev–Trinajstić information content (AvgIpc) is 2.28. The lowest BCUT2D eigenvalue weighted by molar-refractivity contribution is 1.23. The molecular weight excluding hydrogens is 182 g/mol. The van der Waals surface area contributed by atoms with Crippen molar-refractivity contribution in [2.45, 2.75) is 20.3 Å². The van der Waals surface area contributed by atoms with Crippen LogP contribution in [0.1, 0.15) is 25.8 Å². The monoisotopic (exact) mass is 199 g/mol. The molecular formula is C14H17N. The quantitative estimate of drug-likeness (QED) is 0.655. The minimum atomic E-state index is 0.560. The van der Waals surface area contributed by atoms with E-state index in [1.807, 2.05) is 12.1 Å². The van der Waals surface area contributed by atoms with Crippen LogP contribution < -0.4 is 0 Å². The highest BCUT2D eigenvalue weighted by Crippen LogP contribution is 2.00. The summed E-state index contributed by atoms with van der Waals surface area (Å²) in [6.45, 7) is 7.12. The van der Waals surface area contributed by atoms with Gasteiger partial charge in [0.05, 0.1) is 6.07 Å². The zero-order valence-electron chi connectivity index (χ0n) is 9.40. The SMILES string of the molecule is C=C(C)C#N.CCC=Cc1ccccc1. The summed E-state index contributed by atoms with van der Waals surface area (Å²) in [5.41, 5.74) is 1.84. The third kappa shape index (κ3) is 8.52. The molecule has 1 aromatic carbocycles. The second-order valence-electron chi connectivity index (χ2n) is 3.11. The number of nitrogens with zero attached hydrogens (tertiary/aromatic N) is 1. The van der Waals surface area contributed by atoms with Crippen molar-refractivity contribution in [3.8, 4) is 6.07 Å². The van der Waals surface area contributed by atoms with Gasteiger partial charge in [0, 0.05) is 5.57 Å². The Morgan fingerprint density at radius 2 is 1.93 bits per heavy atom. The van der Waals surface area contributed by atoms with Gasteiger partial charge in [-0.05, 0) is 18.9 Å². The number of hydrogen-bond donors (Lipinski definition) is 0. The molecule has 1 heteroatoms. The summed E-state index contributed by atoms with van der Waals surface area (Å²) in [6, 6.07) is 12.2. The Kier molecular flexibility index (Phi) is 7.71. The number of hydrogen-bond acceptors (Lipinski definition) is 1. The molecule has 1 rings (SSSR count). The molecule has 0 aliphatic rings. The highest BCUT2D eigenvalue weighted by Gasteiger charge is 1.79. The zero-order chi connectivity index (χ0) is 11.5. The Morgan fingerprint density at radius 1 is 1.40 bits per heavy atom. The normalized spacial score (nSPS) is 8.87. The van der Waals surface area contributed by atoms with E-state index < -0.39 is 0 Å². The summed E-state index contributed by atoms with van der Waals surface area (Å²) in [7, 11) is 0. The predicted molar refractivity (Wildman–Crippen MR) is 66.2 cm³/mol. The van der Waals surface area contributed by atoms with Crippen LogP contribution in [0.25, 0.3) is 6.08 Å². The topological polar surface area (TPSA) is 23.8 Å². The summed E-state index contributed by atoms with van der Waals surface area (Å²) in [6.07, 6.45) is 5.41. The van der Waals surface area contributed by atoms with Crippen molar-refractivity contribution in [2.24, 2.45) is 0 Å². The Labute approximate surface area is 92.4 Å². The highest BCUT2D eigenvalue weighted by molar-refractivity contribution is 5.48. The van der Waals surface area contributed by atoms with Crippen LogP contribution >= 0.6 is 0 Å². The molecule has 0 aromatic heterocycles. The summed E-state index contributed by atoms with van der Waals surface area (Å²) in [5, 5.41) is 7.79. The molecule has 15 heavy (non-hydrogen) atoms. The van der Waals surface area contributed by atoms with Crippen LogP contribution in [-0.2, 0) is 0 Å². The van der Waals surface area contributed by atoms with Gasteiger partial charge in [0.2, 0.25) is 0 Å². The molecule has 0 saturated carbocycles. The average molecular weight is 199 g/mol. The number of benzene rings is 1. The van der Waals surface area contributed by atoms with Crippen LogP contribution in [0.5, 0.6) is 0 Å². The molecule has 1 aromatic rings. The van der Waals surface area contributed by atoms with E-state index in [-0.39, 0.29) is 0 Å². The van der Waals surface area contributed by atoms with Crippen molar-refractivity contribution in [1.82, 2.24) is 0 Å². The first-order chi connectivity index (χ1) is 7.20. The van der Waals surface area contributed by atoms with Crippen molar-refractivity contribution in [3.05, 3.63) is 54.1 Å². The highest BCUT2D eigenvalue weighted by atomic mass is 14.2. The van der Waals surface area contributed by atoms with Gasteiger partial charge in [0.25, 0.3) is 0 Å². The van der Waals surface area contributed by atoms with Crippen LogP contribution in [0, 0.1) is 11.3 Å². The molecule has 1 nitrogen and oxygen atoms in total. The van der Waals surface area contributed by atoms with Gasteiger partial charge in [0.15, 0.2) is 0 Å². The fraction of sp³-hybridized carbons (Fsp3) is 0.214. The van der Waals surface area contributed by atoms with Gasteiger partial charge in [-0.1, -0.05) is 56.0 Å². The van der Waals surface area contributed by atoms with Gasteiger partial charge >= 0.3 is 0 Å². The van der Waals surface area contributed by atoms with Gasteiger partial charge in [-0.3, -0.25) is 0 Å². The molecule has 0 aliphatic carbocycles. The molecule has 0 radical (unpaired) electrons. The van der Waals surface area contributed by atoms with E-state index in [2.05, 4.69) is 49.9 Å². The Morgan fingerprint density at radius 3 is 2.33 bits per heavy atom. The maximum atomic E-state index is 7.79. The second-order valence-corrected chi connectivity index (χ2v) is 3.11. The Bertz CT molecular complexity index is 341. The molecule has 0 atom stereocenters. The van der Waals surface area contributed by atoms with Crippen LogP contribution in [-0.4, -0.2) is 0 Å². The van der Waals surface area contributed by atoms with Crippen LogP contribution in [0.2, 0.25) is 0 Å². The first kappa shape index (κ1) is 13.2. The van der Waals surface area contributed by atoms with E-state index in [9.17, 15) is 0 Å². The van der Waals surface area contributed by atoms with Crippen molar-refractivity contribution < 1.29 is 0 Å². The van der Waals surface area contributed by atoms with Crippen LogP contribution in [0.4, 0.5) is 0 Å². The number of allylic oxidation sites excluding steroid dienone is 2. The lowest BCUT2D eigenvalue weighted by Crippen LogP contribution is -1.66. The molecule has 0 bridgehead atoms. The van der Waals surface area contributed by atoms with Crippen LogP contribution in [0.15, 0.2) is 48.6 Å². The molecule has 0 amide bonds. The fourth-order valence-electron chi connectivity index (χ4n) is 0.818. The van der Waals surface area contributed by atoms with Crippen molar-refractivity contribution in [3.63, 3.8) is 0 Å². The van der Waals surface area contributed by atoms with Gasteiger partial charge in [-0.2, -0.15) is 5.26 Å². The second kappa shape index (κ2) is 8.77. The van der Waals surface area contributed by atoms with E-state index in [1.54, 1.807) is 6.92 Å². The molecule has 0 unspecified atom stereocenters. The molecule has 0 heterocycles. The van der Waals surface area contributed by atoms with Gasteiger partial charge in [-0.25, -0.2) is 0 Å². The lowest BCUT2D eigenvalue weighted by atomic mass is 10.2. The van der Waals surface area contributed by atoms with E-state index in [0.29, 0.717) is 5.57 Å². The maximum Gasteiger partial charge on any atom is 0.0937 e. The third-order valence-corrected chi connectivity index (χ3v) is 1.54. The van der Waals surface area contributed by atoms with Gasteiger partial charge in [-0.15, -0.1) is 0 Å². The minimum absolute atomic E-state index is 0.560. The predicted octanol–water partition coefficient (Wildman–Crippen LogP) is 4.20. The standard InChI is InChI=1S/C10H12.C4H5N/c1-2-3-7-10-8-5-4-6-9-10;1-4(2)3-5/h3-9H,2H2,1H3;1H2,2H3. The molecule has 0 saturated heterocycles. The summed E-state index contributed by atoms with van der Waals surface area (Å²) < 4.78 is 0. The largest absolute Gasteiger partial charge is 0.193 e. The van der Waals surface area contributed by atoms with Crippen molar-refractivity contribution in [1.29, 1.82) is 5.26 Å². The van der Waals surface area contributed by atoms with Crippen molar-refractivity contribution >= 4 is 6.08 Å². The summed E-state index contributed by atoms with van der Waals surface area (Å²) in [4.78, 5) is 0. The van der Waals surface area contributed by atoms with E-state index >= 15 is 0 Å². The van der Waals surface area contributed by atoms with Crippen LogP contribution in [0.3, 0.4) is 0 Å². The minimum Gasteiger partial charge on any atom is -0.193 e. The Balaban J connectivity index is 0.000000336. The summed E-state index contributed by atoms with van der Waals surface area (Å²) >= 11 is 0. The number of rotatable bonds is 2.